The van der Waals surface area contributed by atoms with Crippen LogP contribution in [0.3, 0.4) is 0 Å². The minimum absolute atomic E-state index is 0.254. The van der Waals surface area contributed by atoms with Crippen molar-refractivity contribution >= 4 is 9.84 Å². The molecule has 0 unspecified atom stereocenters. The smallest absolute Gasteiger partial charge is 0.148 e. The van der Waals surface area contributed by atoms with Crippen molar-refractivity contribution in [3.63, 3.8) is 0 Å². The minimum Gasteiger partial charge on any atom is -0.313 e. The third-order valence-electron chi connectivity index (χ3n) is 3.30. The van der Waals surface area contributed by atoms with Gasteiger partial charge in [-0.25, -0.2) is 8.42 Å². The molecule has 4 heteroatoms. The molecule has 1 fully saturated rings. The van der Waals surface area contributed by atoms with Gasteiger partial charge in [0.2, 0.25) is 0 Å². The van der Waals surface area contributed by atoms with E-state index in [0.717, 1.165) is 5.92 Å². The van der Waals surface area contributed by atoms with Gasteiger partial charge in [-0.3, -0.25) is 0 Å². The van der Waals surface area contributed by atoms with Gasteiger partial charge in [0.25, 0.3) is 0 Å². The summed E-state index contributed by atoms with van der Waals surface area (Å²) in [6.45, 7) is 2.77. The Morgan fingerprint density at radius 2 is 1.87 bits per heavy atom. The second kappa shape index (κ2) is 5.85. The van der Waals surface area contributed by atoms with Gasteiger partial charge in [0.1, 0.15) is 9.84 Å². The Morgan fingerprint density at radius 3 is 2.40 bits per heavy atom. The lowest BCUT2D eigenvalue weighted by molar-refractivity contribution is 0.285. The van der Waals surface area contributed by atoms with Gasteiger partial charge in [0.15, 0.2) is 0 Å². The molecule has 1 N–H and O–H groups in total. The molecule has 0 radical (unpaired) electrons. The molecule has 0 aliphatic heterocycles. The topological polar surface area (TPSA) is 46.2 Å². The van der Waals surface area contributed by atoms with Crippen LogP contribution in [0.1, 0.15) is 39.0 Å². The van der Waals surface area contributed by atoms with Crippen LogP contribution in [0.25, 0.3) is 0 Å². The van der Waals surface area contributed by atoms with Crippen LogP contribution in [0.5, 0.6) is 0 Å². The molecule has 15 heavy (non-hydrogen) atoms. The van der Waals surface area contributed by atoms with Crippen LogP contribution in [0.15, 0.2) is 0 Å². The summed E-state index contributed by atoms with van der Waals surface area (Å²) in [7, 11) is -2.81. The SMILES string of the molecule is C[C@@H](NCCS(C)(=O)=O)C1CCCCC1. The van der Waals surface area contributed by atoms with E-state index < -0.39 is 9.84 Å². The molecule has 90 valence electrons. The van der Waals surface area contributed by atoms with E-state index in [0.29, 0.717) is 12.6 Å². The second-order valence-corrected chi connectivity index (χ2v) is 7.03. The fourth-order valence-electron chi connectivity index (χ4n) is 2.27. The quantitative estimate of drug-likeness (QED) is 0.784. The van der Waals surface area contributed by atoms with E-state index >= 15 is 0 Å². The van der Waals surface area contributed by atoms with E-state index in [4.69, 9.17) is 0 Å². The summed E-state index contributed by atoms with van der Waals surface area (Å²) in [6.07, 6.45) is 7.93. The number of hydrogen-bond acceptors (Lipinski definition) is 3. The van der Waals surface area contributed by atoms with E-state index in [-0.39, 0.29) is 5.75 Å². The molecule has 1 rings (SSSR count). The highest BCUT2D eigenvalue weighted by Crippen LogP contribution is 2.26. The van der Waals surface area contributed by atoms with E-state index in [2.05, 4.69) is 12.2 Å². The summed E-state index contributed by atoms with van der Waals surface area (Å²) in [5, 5.41) is 3.33. The Labute approximate surface area is 93.6 Å². The summed E-state index contributed by atoms with van der Waals surface area (Å²) < 4.78 is 21.9. The standard InChI is InChI=1S/C11H23NO2S/c1-10(11-6-4-3-5-7-11)12-8-9-15(2,13)14/h10-12H,3-9H2,1-2H3/t10-/m1/s1. The maximum atomic E-state index is 10.9. The Balaban J connectivity index is 2.20. The zero-order chi connectivity index (χ0) is 11.3. The summed E-state index contributed by atoms with van der Waals surface area (Å²) in [4.78, 5) is 0. The molecule has 3 nitrogen and oxygen atoms in total. The lowest BCUT2D eigenvalue weighted by Gasteiger charge is -2.28. The zero-order valence-corrected chi connectivity index (χ0v) is 10.6. The van der Waals surface area contributed by atoms with Gasteiger partial charge in [0, 0.05) is 18.8 Å². The predicted octanol–water partition coefficient (Wildman–Crippen LogP) is 1.59. The lowest BCUT2D eigenvalue weighted by Crippen LogP contribution is -2.37. The van der Waals surface area contributed by atoms with Crippen molar-refractivity contribution in [3.05, 3.63) is 0 Å². The molecule has 0 saturated heterocycles. The van der Waals surface area contributed by atoms with Crippen LogP contribution in [0, 0.1) is 5.92 Å². The van der Waals surface area contributed by atoms with Gasteiger partial charge >= 0.3 is 0 Å². The second-order valence-electron chi connectivity index (χ2n) is 4.77. The molecular weight excluding hydrogens is 210 g/mol. The number of sulfone groups is 1. The molecule has 0 bridgehead atoms. The van der Waals surface area contributed by atoms with Crippen LogP contribution in [-0.2, 0) is 9.84 Å². The monoisotopic (exact) mass is 233 g/mol. The fraction of sp³-hybridized carbons (Fsp3) is 1.00. The number of hydrogen-bond donors (Lipinski definition) is 1. The molecule has 0 aromatic heterocycles. The Morgan fingerprint density at radius 1 is 1.27 bits per heavy atom. The van der Waals surface area contributed by atoms with E-state index in [9.17, 15) is 8.42 Å². The van der Waals surface area contributed by atoms with Crippen molar-refractivity contribution in [1.29, 1.82) is 0 Å². The molecule has 1 aliphatic rings. The molecule has 0 aromatic carbocycles. The van der Waals surface area contributed by atoms with Crippen LogP contribution < -0.4 is 5.32 Å². The first-order valence-corrected chi connectivity index (χ1v) is 7.96. The lowest BCUT2D eigenvalue weighted by atomic mass is 9.84. The van der Waals surface area contributed by atoms with Crippen molar-refractivity contribution in [3.8, 4) is 0 Å². The van der Waals surface area contributed by atoms with Crippen LogP contribution in [0.4, 0.5) is 0 Å². The summed E-state index contributed by atoms with van der Waals surface area (Å²) in [5.74, 6) is 1.00. The first-order chi connectivity index (χ1) is 6.99. The molecule has 0 heterocycles. The fourth-order valence-corrected chi connectivity index (χ4v) is 2.76. The van der Waals surface area contributed by atoms with Crippen molar-refractivity contribution in [1.82, 2.24) is 5.32 Å². The maximum absolute atomic E-state index is 10.9. The van der Waals surface area contributed by atoms with Gasteiger partial charge in [-0.2, -0.15) is 0 Å². The third-order valence-corrected chi connectivity index (χ3v) is 4.24. The van der Waals surface area contributed by atoms with Gasteiger partial charge in [-0.05, 0) is 25.7 Å². The molecule has 1 aliphatic carbocycles. The first kappa shape index (κ1) is 13.0. The van der Waals surface area contributed by atoms with Crippen molar-refractivity contribution < 1.29 is 8.42 Å². The van der Waals surface area contributed by atoms with Gasteiger partial charge < -0.3 is 5.32 Å². The molecule has 0 aromatic rings. The molecule has 0 amide bonds. The van der Waals surface area contributed by atoms with Gasteiger partial charge in [-0.1, -0.05) is 19.3 Å². The van der Waals surface area contributed by atoms with E-state index in [1.54, 1.807) is 0 Å². The number of rotatable bonds is 5. The van der Waals surface area contributed by atoms with E-state index in [1.165, 1.54) is 38.4 Å². The Bertz CT molecular complexity index is 268. The zero-order valence-electron chi connectivity index (χ0n) is 9.83. The molecule has 0 spiro atoms. The Hall–Kier alpha value is -0.0900. The van der Waals surface area contributed by atoms with Gasteiger partial charge in [0.05, 0.1) is 5.75 Å². The van der Waals surface area contributed by atoms with Crippen LogP contribution in [0.2, 0.25) is 0 Å². The van der Waals surface area contributed by atoms with Crippen molar-refractivity contribution in [2.24, 2.45) is 5.92 Å². The van der Waals surface area contributed by atoms with Gasteiger partial charge in [-0.15, -0.1) is 0 Å². The largest absolute Gasteiger partial charge is 0.313 e. The normalized spacial score (nSPS) is 21.5. The average Bonchev–Trinajstić information content (AvgIpc) is 2.17. The first-order valence-electron chi connectivity index (χ1n) is 5.90. The molecule has 1 atom stereocenters. The number of nitrogens with one attached hydrogen (secondary N) is 1. The van der Waals surface area contributed by atoms with Crippen LogP contribution >= 0.6 is 0 Å². The third kappa shape index (κ3) is 5.52. The molecular formula is C11H23NO2S. The van der Waals surface area contributed by atoms with E-state index in [1.807, 2.05) is 0 Å². The summed E-state index contributed by atoms with van der Waals surface area (Å²) in [5.41, 5.74) is 0. The average molecular weight is 233 g/mol. The highest BCUT2D eigenvalue weighted by atomic mass is 32.2. The van der Waals surface area contributed by atoms with Crippen molar-refractivity contribution in [2.75, 3.05) is 18.6 Å². The molecule has 1 saturated carbocycles. The summed E-state index contributed by atoms with van der Waals surface area (Å²) in [6, 6.07) is 0.465. The minimum atomic E-state index is -2.81. The predicted molar refractivity (Wildman–Crippen MR) is 63.8 cm³/mol. The van der Waals surface area contributed by atoms with Crippen LogP contribution in [-0.4, -0.2) is 33.0 Å². The highest BCUT2D eigenvalue weighted by molar-refractivity contribution is 7.90. The highest BCUT2D eigenvalue weighted by Gasteiger charge is 2.19. The van der Waals surface area contributed by atoms with Crippen molar-refractivity contribution in [2.45, 2.75) is 45.1 Å². The summed E-state index contributed by atoms with van der Waals surface area (Å²) >= 11 is 0. The Kier molecular flexibility index (Phi) is 5.06. The maximum Gasteiger partial charge on any atom is 0.148 e.